The van der Waals surface area contributed by atoms with Gasteiger partial charge in [-0.2, -0.15) is 0 Å². The zero-order valence-corrected chi connectivity index (χ0v) is 12.5. The average molecular weight is 306 g/mol. The molecule has 20 heavy (non-hydrogen) atoms. The number of halogens is 1. The van der Waals surface area contributed by atoms with Crippen molar-refractivity contribution in [1.29, 1.82) is 0 Å². The van der Waals surface area contributed by atoms with Crippen molar-refractivity contribution in [1.82, 2.24) is 0 Å². The number of rotatable bonds is 5. The van der Waals surface area contributed by atoms with Crippen molar-refractivity contribution in [3.63, 3.8) is 0 Å². The van der Waals surface area contributed by atoms with E-state index in [9.17, 15) is 4.39 Å². The van der Waals surface area contributed by atoms with Gasteiger partial charge in [-0.3, -0.25) is 0 Å². The van der Waals surface area contributed by atoms with E-state index in [1.807, 2.05) is 6.07 Å². The number of benzene rings is 1. The molecule has 1 aliphatic rings. The van der Waals surface area contributed by atoms with Crippen LogP contribution in [-0.2, 0) is 6.54 Å². The van der Waals surface area contributed by atoms with E-state index in [4.69, 9.17) is 18.0 Å². The van der Waals surface area contributed by atoms with Crippen LogP contribution in [0, 0.1) is 5.82 Å². The Morgan fingerprint density at radius 3 is 2.80 bits per heavy atom. The summed E-state index contributed by atoms with van der Waals surface area (Å²) in [7, 11) is 0. The van der Waals surface area contributed by atoms with Gasteiger partial charge in [0.05, 0.1) is 6.54 Å². The predicted molar refractivity (Wildman–Crippen MR) is 85.8 cm³/mol. The van der Waals surface area contributed by atoms with E-state index < -0.39 is 0 Å². The molecule has 1 heterocycles. The van der Waals surface area contributed by atoms with Crippen molar-refractivity contribution in [2.75, 3.05) is 4.90 Å². The van der Waals surface area contributed by atoms with Gasteiger partial charge in [-0.15, -0.1) is 11.3 Å². The van der Waals surface area contributed by atoms with E-state index in [-0.39, 0.29) is 10.8 Å². The summed E-state index contributed by atoms with van der Waals surface area (Å²) in [6, 6.07) is 9.36. The molecule has 0 bridgehead atoms. The Labute approximate surface area is 127 Å². The third kappa shape index (κ3) is 2.83. The normalized spacial score (nSPS) is 14.2. The van der Waals surface area contributed by atoms with Gasteiger partial charge in [0.25, 0.3) is 0 Å². The molecule has 5 heteroatoms. The Balaban J connectivity index is 1.97. The largest absolute Gasteiger partial charge is 0.389 e. The fourth-order valence-corrected chi connectivity index (χ4v) is 3.19. The summed E-state index contributed by atoms with van der Waals surface area (Å²) < 4.78 is 13.4. The van der Waals surface area contributed by atoms with Gasteiger partial charge in [-0.25, -0.2) is 4.39 Å². The Morgan fingerprint density at radius 2 is 2.20 bits per heavy atom. The zero-order valence-electron chi connectivity index (χ0n) is 10.9. The summed E-state index contributed by atoms with van der Waals surface area (Å²) in [6.45, 7) is 0.823. The molecule has 0 unspecified atom stereocenters. The summed E-state index contributed by atoms with van der Waals surface area (Å²) in [4.78, 5) is 3.83. The SMILES string of the molecule is NC(=S)c1cc(F)ccc1N(Cc1cccs1)C1CC1. The van der Waals surface area contributed by atoms with Crippen LogP contribution in [0.5, 0.6) is 0 Å². The lowest BCUT2D eigenvalue weighted by Gasteiger charge is -2.26. The quantitative estimate of drug-likeness (QED) is 0.854. The van der Waals surface area contributed by atoms with E-state index in [2.05, 4.69) is 16.3 Å². The zero-order chi connectivity index (χ0) is 14.1. The molecule has 1 fully saturated rings. The lowest BCUT2D eigenvalue weighted by molar-refractivity contribution is 0.627. The molecule has 0 atom stereocenters. The first kappa shape index (κ1) is 13.5. The van der Waals surface area contributed by atoms with Gasteiger partial charge in [0.15, 0.2) is 0 Å². The van der Waals surface area contributed by atoms with Crippen LogP contribution >= 0.6 is 23.6 Å². The van der Waals surface area contributed by atoms with Crippen LogP contribution in [0.15, 0.2) is 35.7 Å². The summed E-state index contributed by atoms with van der Waals surface area (Å²) in [5, 5.41) is 2.07. The van der Waals surface area contributed by atoms with Crippen molar-refractivity contribution >= 4 is 34.2 Å². The Hall–Kier alpha value is -1.46. The number of thiocarbonyl (C=S) groups is 1. The van der Waals surface area contributed by atoms with E-state index in [1.54, 1.807) is 17.4 Å². The van der Waals surface area contributed by atoms with Crippen LogP contribution in [-0.4, -0.2) is 11.0 Å². The topological polar surface area (TPSA) is 29.3 Å². The standard InChI is InChI=1S/C15H15FN2S2/c16-10-3-6-14(13(8-10)15(17)19)18(11-4-5-11)9-12-2-1-7-20-12/h1-3,6-8,11H,4-5,9H2,(H2,17,19). The highest BCUT2D eigenvalue weighted by atomic mass is 32.1. The smallest absolute Gasteiger partial charge is 0.124 e. The van der Waals surface area contributed by atoms with Crippen LogP contribution in [0.2, 0.25) is 0 Å². The second-order valence-corrected chi connectivity index (χ2v) is 6.44. The van der Waals surface area contributed by atoms with Crippen LogP contribution in [0.25, 0.3) is 0 Å². The summed E-state index contributed by atoms with van der Waals surface area (Å²) >= 11 is 6.80. The Morgan fingerprint density at radius 1 is 1.40 bits per heavy atom. The molecule has 3 rings (SSSR count). The Bertz CT molecular complexity index is 621. The van der Waals surface area contributed by atoms with E-state index >= 15 is 0 Å². The highest BCUT2D eigenvalue weighted by Crippen LogP contribution is 2.35. The maximum absolute atomic E-state index is 13.4. The molecule has 0 aliphatic heterocycles. The predicted octanol–water partition coefficient (Wildman–Crippen LogP) is 3.69. The van der Waals surface area contributed by atoms with Crippen molar-refractivity contribution < 1.29 is 4.39 Å². The van der Waals surface area contributed by atoms with Crippen LogP contribution < -0.4 is 10.6 Å². The lowest BCUT2D eigenvalue weighted by atomic mass is 10.1. The fraction of sp³-hybridized carbons (Fsp3) is 0.267. The molecule has 1 aromatic carbocycles. The molecule has 0 radical (unpaired) electrons. The van der Waals surface area contributed by atoms with Crippen LogP contribution in [0.1, 0.15) is 23.3 Å². The molecule has 0 spiro atoms. The van der Waals surface area contributed by atoms with Gasteiger partial charge in [0.1, 0.15) is 10.8 Å². The van der Waals surface area contributed by atoms with Gasteiger partial charge in [-0.1, -0.05) is 18.3 Å². The third-order valence-corrected chi connectivity index (χ3v) is 4.51. The fourth-order valence-electron chi connectivity index (χ4n) is 2.32. The number of thiophene rings is 1. The molecule has 1 saturated carbocycles. The van der Waals surface area contributed by atoms with Crippen LogP contribution in [0.4, 0.5) is 10.1 Å². The second kappa shape index (κ2) is 5.50. The maximum Gasteiger partial charge on any atom is 0.124 e. The molecule has 1 aromatic heterocycles. The van der Waals surface area contributed by atoms with Gasteiger partial charge in [0, 0.05) is 22.2 Å². The van der Waals surface area contributed by atoms with Crippen molar-refractivity contribution in [3.05, 3.63) is 52.0 Å². The first-order valence-corrected chi connectivity index (χ1v) is 7.82. The highest BCUT2D eigenvalue weighted by Gasteiger charge is 2.31. The lowest BCUT2D eigenvalue weighted by Crippen LogP contribution is -2.27. The number of hydrogen-bond acceptors (Lipinski definition) is 3. The molecule has 0 amide bonds. The van der Waals surface area contributed by atoms with E-state index in [1.165, 1.54) is 29.9 Å². The summed E-state index contributed by atoms with van der Waals surface area (Å²) in [5.74, 6) is -0.302. The van der Waals surface area contributed by atoms with E-state index in [0.29, 0.717) is 11.6 Å². The van der Waals surface area contributed by atoms with E-state index in [0.717, 1.165) is 12.2 Å². The monoisotopic (exact) mass is 306 g/mol. The molecule has 2 aromatic rings. The minimum atomic E-state index is -0.302. The minimum Gasteiger partial charge on any atom is -0.389 e. The molecule has 0 saturated heterocycles. The molecule has 2 nitrogen and oxygen atoms in total. The van der Waals surface area contributed by atoms with Gasteiger partial charge in [-0.05, 0) is 42.5 Å². The number of hydrogen-bond donors (Lipinski definition) is 1. The molecule has 1 aliphatic carbocycles. The Kier molecular flexibility index (Phi) is 3.72. The molecule has 2 N–H and O–H groups in total. The van der Waals surface area contributed by atoms with Gasteiger partial charge >= 0.3 is 0 Å². The molecule has 104 valence electrons. The van der Waals surface area contributed by atoms with Gasteiger partial charge in [0.2, 0.25) is 0 Å². The third-order valence-electron chi connectivity index (χ3n) is 3.43. The second-order valence-electron chi connectivity index (χ2n) is 4.96. The first-order valence-electron chi connectivity index (χ1n) is 6.53. The number of anilines is 1. The number of nitrogens with two attached hydrogens (primary N) is 1. The maximum atomic E-state index is 13.4. The van der Waals surface area contributed by atoms with Crippen molar-refractivity contribution in [3.8, 4) is 0 Å². The van der Waals surface area contributed by atoms with Gasteiger partial charge < -0.3 is 10.6 Å². The van der Waals surface area contributed by atoms with Crippen molar-refractivity contribution in [2.24, 2.45) is 5.73 Å². The van der Waals surface area contributed by atoms with Crippen LogP contribution in [0.3, 0.4) is 0 Å². The molecular formula is C15H15FN2S2. The minimum absolute atomic E-state index is 0.247. The highest BCUT2D eigenvalue weighted by molar-refractivity contribution is 7.80. The summed E-state index contributed by atoms with van der Waals surface area (Å²) in [5.41, 5.74) is 7.32. The first-order chi connectivity index (χ1) is 9.65. The summed E-state index contributed by atoms with van der Waals surface area (Å²) in [6.07, 6.45) is 2.33. The average Bonchev–Trinajstić information content (AvgIpc) is 3.13. The van der Waals surface area contributed by atoms with Crippen molar-refractivity contribution in [2.45, 2.75) is 25.4 Å². The molecular weight excluding hydrogens is 291 g/mol. The number of nitrogens with zero attached hydrogens (tertiary/aromatic N) is 1.